The second-order valence-corrected chi connectivity index (χ2v) is 35.7. The van der Waals surface area contributed by atoms with Gasteiger partial charge in [-0.1, -0.05) is 123 Å². The van der Waals surface area contributed by atoms with Gasteiger partial charge in [-0.2, -0.15) is 0 Å². The Morgan fingerprint density at radius 3 is 1.77 bits per heavy atom. The second kappa shape index (κ2) is 65.1. The molecule has 2 aromatic carbocycles. The van der Waals surface area contributed by atoms with Crippen LogP contribution in [0.3, 0.4) is 0 Å². The number of amides is 13. The van der Waals surface area contributed by atoms with Gasteiger partial charge in [-0.15, -0.1) is 0 Å². The number of nitrogens with one attached hydrogen (secondary N) is 6. The Hall–Kier alpha value is -10.8. The SMILES string of the molecule is C/C=C(\C)[C@H]1OC(=O)[C@@H](C)NC(=O)[C@H](C(C)CC)NC(=O)CN(C)C(=O)[C@@H](Cc2ccccc2)N(C)C(=O)[C@H](C)NC(=O)[C@@H](CC(C)C)OC(=O)/C(C)=C/C[C@H](OC(=O)N(C)CCN(C)C(=O)OCc2ccc(NC(=O)[C@@H](CCCNC(N)=O)CC(=O)[C@H](NC(=O)CCOCCOCCOCCOCCOCCOCCOCCCC(=O)CCCCCN3C(=O)CC(C)C3=O)C(C)C)cc2)[C@@H]1C. The molecule has 0 spiro atoms. The number of imide groups is 1. The largest absolute Gasteiger partial charge is 0.456 e. The summed E-state index contributed by atoms with van der Waals surface area (Å²) < 4.78 is 62.9. The monoisotopic (exact) mass is 1930 g/mol. The molecule has 0 aromatic heterocycles. The van der Waals surface area contributed by atoms with Gasteiger partial charge in [0.1, 0.15) is 48.8 Å². The van der Waals surface area contributed by atoms with Gasteiger partial charge in [0.25, 0.3) is 5.91 Å². The standard InChI is InChI=1S/C98H154N12O27/c1-18-66(7)86-90(118)102-72(13)95(123)137-87(67(8)19-2)70(11)80(38-33-68(9)94(122)135-81(58-64(3)4)89(117)101-71(12)92(120)109(17)78(60-73-28-22-20-23-29-73)93(121)108(16)62-83(114)105-86)136-98(126)107(15)43-42-106(14)97(125)134-63-74-34-36-76(37-35-74)103-88(116)75(30-26-40-100-96(99)124)61-79(112)85(65(5)6)104-82(113)39-45-128-47-49-130-51-53-132-55-57-133-56-54-131-52-50-129-48-46-127-44-27-32-77(111)31-24-21-25-41-110-84(115)59-69(10)91(110)119/h19-20,22-23,28-29,33-37,64-66,69-72,75,78,80-81,85-87H,18,21,24-27,30-32,38-63H2,1-17H3,(H,101,117)(H,102,118)(H,103,116)(H,104,113)(H,105,114)(H3,99,100,124)/b67-19+,68-33+/t66?,69?,70-,71-,72+,75-,78+,80-,81+,85+,86-,87+/m0/s1. The minimum atomic E-state index is -1.42. The average Bonchev–Trinajstić information content (AvgIpc) is 0.971. The smallest absolute Gasteiger partial charge is 0.409 e. The highest BCUT2D eigenvalue weighted by Gasteiger charge is 2.40. The lowest BCUT2D eigenvalue weighted by Gasteiger charge is -2.33. The molecule has 39 heteroatoms. The number of esters is 2. The van der Waals surface area contributed by atoms with Crippen molar-refractivity contribution in [1.82, 2.24) is 51.1 Å². The first kappa shape index (κ1) is 118. The van der Waals surface area contributed by atoms with E-state index in [2.05, 4.69) is 31.9 Å². The summed E-state index contributed by atoms with van der Waals surface area (Å²) in [5.41, 5.74) is 7.37. The molecule has 2 aliphatic rings. The van der Waals surface area contributed by atoms with Crippen molar-refractivity contribution in [2.24, 2.45) is 41.2 Å². The molecule has 0 saturated carbocycles. The van der Waals surface area contributed by atoms with E-state index >= 15 is 0 Å². The fourth-order valence-electron chi connectivity index (χ4n) is 14.6. The van der Waals surface area contributed by atoms with Crippen LogP contribution in [0.1, 0.15) is 191 Å². The van der Waals surface area contributed by atoms with E-state index in [0.29, 0.717) is 134 Å². The number of likely N-dealkylation sites (tertiary alicyclic amines) is 1. The molecule has 2 unspecified atom stereocenters. The maximum absolute atomic E-state index is 14.5. The van der Waals surface area contributed by atoms with E-state index in [1.165, 1.54) is 74.6 Å². The van der Waals surface area contributed by atoms with E-state index < -0.39 is 144 Å². The summed E-state index contributed by atoms with van der Waals surface area (Å²) in [5.74, 6) is -9.81. The van der Waals surface area contributed by atoms with Gasteiger partial charge in [0, 0.05) is 135 Å². The number of primary amides is 1. The highest BCUT2D eigenvalue weighted by molar-refractivity contribution is 6.03. The fraction of sp³-hybridized carbons (Fsp3) is 0.673. The fourth-order valence-corrected chi connectivity index (χ4v) is 14.6. The summed E-state index contributed by atoms with van der Waals surface area (Å²) in [6.07, 6.45) is 2.21. The third kappa shape index (κ3) is 45.5. The molecule has 2 aromatic rings. The maximum Gasteiger partial charge on any atom is 0.409 e. The van der Waals surface area contributed by atoms with Crippen LogP contribution in [-0.2, 0) is 127 Å². The lowest BCUT2D eigenvalue weighted by Crippen LogP contribution is -2.57. The van der Waals surface area contributed by atoms with Crippen LogP contribution in [0.4, 0.5) is 20.1 Å². The van der Waals surface area contributed by atoms with Gasteiger partial charge in [-0.3, -0.25) is 57.6 Å². The predicted octanol–water partition coefficient (Wildman–Crippen LogP) is 7.50. The number of hydrogen-bond acceptors (Lipinski definition) is 27. The molecule has 8 N–H and O–H groups in total. The summed E-state index contributed by atoms with van der Waals surface area (Å²) in [6.45, 7) is 26.1. The number of likely N-dealkylation sites (N-methyl/N-ethyl adjacent to an activating group) is 4. The Kier molecular flexibility index (Phi) is 56.3. The maximum atomic E-state index is 14.5. The van der Waals surface area contributed by atoms with Crippen LogP contribution in [0, 0.1) is 35.5 Å². The minimum absolute atomic E-state index is 0.00556. The normalized spacial score (nSPS) is 20.5. The Balaban J connectivity index is 1.26. The van der Waals surface area contributed by atoms with Crippen molar-refractivity contribution in [3.63, 3.8) is 0 Å². The first-order chi connectivity index (χ1) is 65.2. The summed E-state index contributed by atoms with van der Waals surface area (Å²) in [4.78, 5) is 222. The Bertz CT molecular complexity index is 4210. The Morgan fingerprint density at radius 1 is 0.642 bits per heavy atom. The number of urea groups is 1. The van der Waals surface area contributed by atoms with Crippen LogP contribution >= 0.6 is 0 Å². The summed E-state index contributed by atoms with van der Waals surface area (Å²) in [5, 5.41) is 16.2. The summed E-state index contributed by atoms with van der Waals surface area (Å²) >= 11 is 0. The molecule has 0 bridgehead atoms. The number of nitrogens with two attached hydrogens (primary N) is 1. The lowest BCUT2D eigenvalue weighted by molar-refractivity contribution is -0.155. The third-order valence-corrected chi connectivity index (χ3v) is 23.5. The highest BCUT2D eigenvalue weighted by Crippen LogP contribution is 2.29. The molecule has 2 heterocycles. The van der Waals surface area contributed by atoms with E-state index in [0.717, 1.165) is 17.7 Å². The van der Waals surface area contributed by atoms with Crippen LogP contribution < -0.4 is 37.6 Å². The molecule has 39 nitrogen and oxygen atoms in total. The van der Waals surface area contributed by atoms with Gasteiger partial charge in [0.15, 0.2) is 11.9 Å². The van der Waals surface area contributed by atoms with Crippen molar-refractivity contribution >= 4 is 101 Å². The molecular weight excluding hydrogens is 1780 g/mol. The number of ether oxygens (including phenoxy) is 11. The molecule has 2 aliphatic heterocycles. The van der Waals surface area contributed by atoms with Crippen LogP contribution in [0.2, 0.25) is 0 Å². The number of rotatable bonds is 55. The second-order valence-electron chi connectivity index (χ2n) is 35.7. The number of anilines is 1. The quantitative estimate of drug-likeness (QED) is 0.0111. The zero-order valence-corrected chi connectivity index (χ0v) is 83.5. The predicted molar refractivity (Wildman–Crippen MR) is 508 cm³/mol. The number of ketones is 2. The van der Waals surface area contributed by atoms with Gasteiger partial charge in [-0.25, -0.2) is 24.0 Å². The van der Waals surface area contributed by atoms with Gasteiger partial charge in [-0.05, 0) is 120 Å². The molecule has 1 fully saturated rings. The van der Waals surface area contributed by atoms with Gasteiger partial charge in [0.2, 0.25) is 47.3 Å². The van der Waals surface area contributed by atoms with Gasteiger partial charge < -0.3 is 109 Å². The van der Waals surface area contributed by atoms with Crippen LogP contribution in [0.15, 0.2) is 77.9 Å². The summed E-state index contributed by atoms with van der Waals surface area (Å²) in [7, 11) is 5.67. The highest BCUT2D eigenvalue weighted by atomic mass is 16.6. The molecule has 137 heavy (non-hydrogen) atoms. The number of allylic oxidation sites excluding steroid dienone is 1. The number of benzene rings is 2. The van der Waals surface area contributed by atoms with Gasteiger partial charge in [0.05, 0.1) is 98.5 Å². The lowest BCUT2D eigenvalue weighted by atomic mass is 9.89. The summed E-state index contributed by atoms with van der Waals surface area (Å²) in [6, 6.07) is 8.60. The third-order valence-electron chi connectivity index (χ3n) is 23.5. The van der Waals surface area contributed by atoms with E-state index in [4.69, 9.17) is 57.8 Å². The zero-order chi connectivity index (χ0) is 102. The van der Waals surface area contributed by atoms with E-state index in [9.17, 15) is 76.7 Å². The van der Waals surface area contributed by atoms with Crippen molar-refractivity contribution in [2.75, 3.05) is 159 Å². The number of carbonyl (C=O) groups is 16. The molecule has 4 rings (SSSR count). The Labute approximate surface area is 807 Å². The molecule has 1 saturated heterocycles. The van der Waals surface area contributed by atoms with Gasteiger partial charge >= 0.3 is 30.2 Å². The molecule has 0 aliphatic carbocycles. The number of cyclic esters (lactones) is 2. The number of hydrogen-bond donors (Lipinski definition) is 7. The Morgan fingerprint density at radius 2 is 1.21 bits per heavy atom. The van der Waals surface area contributed by atoms with E-state index in [-0.39, 0.29) is 144 Å². The van der Waals surface area contributed by atoms with E-state index in [1.807, 2.05) is 20.8 Å². The van der Waals surface area contributed by atoms with Crippen LogP contribution in [-0.4, -0.2) is 321 Å². The number of nitrogens with zero attached hydrogens (tertiary/aromatic N) is 5. The molecule has 768 valence electrons. The number of Topliss-reactive ketones (excluding diaryl/α,β-unsaturated/α-hetero) is 2. The minimum Gasteiger partial charge on any atom is -0.456 e. The van der Waals surface area contributed by atoms with Crippen LogP contribution in [0.5, 0.6) is 0 Å². The first-order valence-electron chi connectivity index (χ1n) is 47.8. The molecular formula is C98H154N12O27. The zero-order valence-electron chi connectivity index (χ0n) is 83.5. The average molecular weight is 1930 g/mol. The van der Waals surface area contributed by atoms with Crippen molar-refractivity contribution in [3.05, 3.63) is 89.0 Å². The topological polar surface area (TPSA) is 489 Å². The molecule has 12 atom stereocenters. The van der Waals surface area contributed by atoms with Crippen molar-refractivity contribution in [3.8, 4) is 0 Å². The van der Waals surface area contributed by atoms with Crippen molar-refractivity contribution < 1.29 is 129 Å². The number of carbonyl (C=O) groups excluding carboxylic acids is 16. The molecule has 0 radical (unpaired) electrons. The van der Waals surface area contributed by atoms with Crippen molar-refractivity contribution in [1.29, 1.82) is 0 Å². The van der Waals surface area contributed by atoms with Crippen molar-refractivity contribution in [2.45, 2.75) is 241 Å². The van der Waals surface area contributed by atoms with Crippen LogP contribution in [0.25, 0.3) is 0 Å². The first-order valence-corrected chi connectivity index (χ1v) is 47.8. The van der Waals surface area contributed by atoms with E-state index in [1.54, 1.807) is 109 Å². The molecule has 13 amide bonds. The number of unbranched alkanes of at least 4 members (excludes halogenated alkanes) is 2.